The number of nitrogens with two attached hydrogens (primary N) is 1. The molecule has 4 unspecified atom stereocenters. The van der Waals surface area contributed by atoms with Gasteiger partial charge in [0.15, 0.2) is 12.3 Å². The van der Waals surface area contributed by atoms with E-state index in [-0.39, 0.29) is 18.7 Å². The fourth-order valence-electron chi connectivity index (χ4n) is 8.33. The third kappa shape index (κ3) is 31.1. The van der Waals surface area contributed by atoms with Crippen LogP contribution in [-0.4, -0.2) is 97.9 Å². The highest BCUT2D eigenvalue weighted by atomic mass is 31.3. The second-order valence-electron chi connectivity index (χ2n) is 19.9. The third-order valence-electron chi connectivity index (χ3n) is 12.7. The average molecular weight is 1110 g/mol. The SMILES string of the molecule is CC/C=C\CC1OC1C/C=C\C/C=C\C/C=C\C/C=C\CCC(=O)OC[C@H](COP(=O)(O)OP(=O)(O)OC[C@H]1O[C@@H](n2ccc(N)nc2=O)[C@H](O)[C@@H]1O)OC(=O)CCCCCCCCCCCCCCCCCC(C)C. The number of epoxide rings is 1. The molecule has 0 spiro atoms. The molecular formula is C55H91N3O16P2. The molecule has 76 heavy (non-hydrogen) atoms. The Kier molecular flexibility index (Phi) is 34.1. The number of nitrogen functional groups attached to an aromatic ring is 1. The Bertz CT molecular complexity index is 2100. The van der Waals surface area contributed by atoms with E-state index >= 15 is 0 Å². The Morgan fingerprint density at radius 1 is 0.684 bits per heavy atom. The number of ether oxygens (including phenoxy) is 4. The Morgan fingerprint density at radius 2 is 1.21 bits per heavy atom. The van der Waals surface area contributed by atoms with Crippen LogP contribution in [0.4, 0.5) is 5.82 Å². The molecule has 0 aliphatic carbocycles. The molecule has 3 rings (SSSR count). The van der Waals surface area contributed by atoms with E-state index in [1.807, 2.05) is 18.2 Å². The number of rotatable bonds is 44. The summed E-state index contributed by atoms with van der Waals surface area (Å²) < 4.78 is 62.5. The van der Waals surface area contributed by atoms with Gasteiger partial charge in [0, 0.05) is 19.0 Å². The van der Waals surface area contributed by atoms with Crippen LogP contribution in [0, 0.1) is 5.92 Å². The maximum Gasteiger partial charge on any atom is 0.481 e. The lowest BCUT2D eigenvalue weighted by atomic mass is 10.0. The molecule has 0 bridgehead atoms. The van der Waals surface area contributed by atoms with Crippen LogP contribution in [0.2, 0.25) is 0 Å². The van der Waals surface area contributed by atoms with Crippen molar-refractivity contribution in [3.05, 3.63) is 83.5 Å². The van der Waals surface area contributed by atoms with Crippen LogP contribution in [-0.2, 0) is 51.0 Å². The number of esters is 2. The second kappa shape index (κ2) is 38.9. The lowest BCUT2D eigenvalue weighted by Gasteiger charge is -2.21. The Balaban J connectivity index is 1.38. The summed E-state index contributed by atoms with van der Waals surface area (Å²) in [6.45, 7) is 4.31. The summed E-state index contributed by atoms with van der Waals surface area (Å²) >= 11 is 0. The molecule has 0 saturated carbocycles. The number of anilines is 1. The van der Waals surface area contributed by atoms with Gasteiger partial charge in [0.1, 0.15) is 30.7 Å². The largest absolute Gasteiger partial charge is 0.481 e. The molecular weight excluding hydrogens is 1020 g/mol. The molecule has 0 aromatic carbocycles. The van der Waals surface area contributed by atoms with Crippen molar-refractivity contribution in [3.63, 3.8) is 0 Å². The predicted octanol–water partition coefficient (Wildman–Crippen LogP) is 11.1. The van der Waals surface area contributed by atoms with E-state index in [1.54, 1.807) is 0 Å². The smallest absolute Gasteiger partial charge is 0.462 e. The number of allylic oxidation sites excluding steroid dienone is 8. The number of unbranched alkanes of at least 4 members (excludes halogenated alkanes) is 14. The number of nitrogens with zero attached hydrogens (tertiary/aromatic N) is 2. The Hall–Kier alpha value is -3.58. The van der Waals surface area contributed by atoms with Gasteiger partial charge in [0.2, 0.25) is 0 Å². The van der Waals surface area contributed by atoms with Crippen LogP contribution in [0.15, 0.2) is 77.8 Å². The number of carbonyl (C=O) groups excluding carboxylic acids is 2. The van der Waals surface area contributed by atoms with Gasteiger partial charge in [-0.3, -0.25) is 23.2 Å². The highest BCUT2D eigenvalue weighted by molar-refractivity contribution is 7.61. The number of aromatic nitrogens is 2. The molecule has 0 amide bonds. The Labute approximate surface area is 451 Å². The van der Waals surface area contributed by atoms with E-state index in [1.165, 1.54) is 76.7 Å². The fourth-order valence-corrected chi connectivity index (χ4v) is 10.4. The molecule has 2 aliphatic rings. The fraction of sp³-hybridized carbons (Fsp3) is 0.709. The summed E-state index contributed by atoms with van der Waals surface area (Å²) in [5.41, 5.74) is 4.59. The molecule has 0 radical (unpaired) electrons. The van der Waals surface area contributed by atoms with Crippen molar-refractivity contribution < 1.29 is 71.0 Å². The first-order valence-corrected chi connectivity index (χ1v) is 30.8. The van der Waals surface area contributed by atoms with Gasteiger partial charge in [0.25, 0.3) is 0 Å². The zero-order chi connectivity index (χ0) is 55.4. The lowest BCUT2D eigenvalue weighted by Crippen LogP contribution is -2.36. The zero-order valence-corrected chi connectivity index (χ0v) is 47.2. The normalized spacial score (nSPS) is 21.9. The first kappa shape index (κ1) is 66.7. The third-order valence-corrected chi connectivity index (χ3v) is 15.3. The maximum absolute atomic E-state index is 12.9. The average Bonchev–Trinajstić information content (AvgIpc) is 4.06. The number of phosphoric acid groups is 2. The lowest BCUT2D eigenvalue weighted by molar-refractivity contribution is -0.161. The first-order chi connectivity index (χ1) is 36.5. The van der Waals surface area contributed by atoms with Crippen molar-refractivity contribution in [1.82, 2.24) is 9.55 Å². The van der Waals surface area contributed by atoms with Crippen molar-refractivity contribution in [1.29, 1.82) is 0 Å². The molecule has 432 valence electrons. The van der Waals surface area contributed by atoms with Crippen LogP contribution >= 0.6 is 15.6 Å². The van der Waals surface area contributed by atoms with E-state index < -0.39 is 83.7 Å². The van der Waals surface area contributed by atoms with E-state index in [0.717, 1.165) is 74.5 Å². The molecule has 2 fully saturated rings. The minimum absolute atomic E-state index is 0.00235. The zero-order valence-electron chi connectivity index (χ0n) is 45.4. The minimum Gasteiger partial charge on any atom is -0.462 e. The molecule has 19 nitrogen and oxygen atoms in total. The predicted molar refractivity (Wildman–Crippen MR) is 293 cm³/mol. The molecule has 1 aromatic heterocycles. The van der Waals surface area contributed by atoms with Crippen LogP contribution in [0.1, 0.15) is 188 Å². The summed E-state index contributed by atoms with van der Waals surface area (Å²) in [6.07, 6.45) is 39.2. The molecule has 6 N–H and O–H groups in total. The summed E-state index contributed by atoms with van der Waals surface area (Å²) in [7, 11) is -10.9. The number of aliphatic hydroxyl groups is 2. The van der Waals surface area contributed by atoms with Gasteiger partial charge >= 0.3 is 33.3 Å². The van der Waals surface area contributed by atoms with E-state index in [2.05, 4.69) is 72.6 Å². The van der Waals surface area contributed by atoms with Crippen molar-refractivity contribution in [3.8, 4) is 0 Å². The summed E-state index contributed by atoms with van der Waals surface area (Å²) in [4.78, 5) is 62.1. The Morgan fingerprint density at radius 3 is 1.78 bits per heavy atom. The summed E-state index contributed by atoms with van der Waals surface area (Å²) in [5, 5.41) is 20.9. The van der Waals surface area contributed by atoms with Gasteiger partial charge in [-0.25, -0.2) is 13.9 Å². The van der Waals surface area contributed by atoms with Crippen LogP contribution in [0.5, 0.6) is 0 Å². The number of aliphatic hydroxyl groups excluding tert-OH is 2. The van der Waals surface area contributed by atoms with Gasteiger partial charge < -0.3 is 44.7 Å². The first-order valence-electron chi connectivity index (χ1n) is 27.8. The van der Waals surface area contributed by atoms with Gasteiger partial charge in [0.05, 0.1) is 25.4 Å². The van der Waals surface area contributed by atoms with Crippen molar-refractivity contribution in [2.75, 3.05) is 25.6 Å². The number of hydrogen-bond donors (Lipinski definition) is 5. The molecule has 1 aromatic rings. The highest BCUT2D eigenvalue weighted by Crippen LogP contribution is 2.60. The maximum atomic E-state index is 12.9. The monoisotopic (exact) mass is 1110 g/mol. The van der Waals surface area contributed by atoms with Gasteiger partial charge in [-0.2, -0.15) is 9.29 Å². The van der Waals surface area contributed by atoms with E-state index in [0.29, 0.717) is 31.5 Å². The minimum atomic E-state index is -5.44. The molecule has 9 atom stereocenters. The number of hydrogen-bond acceptors (Lipinski definition) is 16. The van der Waals surface area contributed by atoms with Crippen molar-refractivity contribution in [2.24, 2.45) is 5.92 Å². The molecule has 3 heterocycles. The molecule has 21 heteroatoms. The van der Waals surface area contributed by atoms with Crippen LogP contribution in [0.3, 0.4) is 0 Å². The second-order valence-corrected chi connectivity index (χ2v) is 23.0. The number of phosphoric ester groups is 2. The highest BCUT2D eigenvalue weighted by Gasteiger charge is 2.46. The topological polar surface area (TPSA) is 278 Å². The van der Waals surface area contributed by atoms with Crippen LogP contribution < -0.4 is 11.4 Å². The van der Waals surface area contributed by atoms with Crippen molar-refractivity contribution >= 4 is 33.4 Å². The summed E-state index contributed by atoms with van der Waals surface area (Å²) in [5.74, 6) is -0.602. The molecule has 2 aliphatic heterocycles. The van der Waals surface area contributed by atoms with Gasteiger partial charge in [-0.15, -0.1) is 0 Å². The van der Waals surface area contributed by atoms with E-state index in [9.17, 15) is 43.5 Å². The standard InChI is InChI=1S/C55H91N3O16P2/c1-4-5-29-35-46-47(72-46)36-31-26-22-18-14-11-12-15-19-23-27-32-37-50(59)68-41-45(71-51(60)38-33-28-24-20-16-10-8-6-7-9-13-17-21-25-30-34-44(2)3)42-69-75(64,65)74-76(66,67)70-43-48-52(61)53(62)54(73-48)58-40-39-49(56)57-55(58)63/h5,12,14-15,18,23,26-27,29,31,39-40,44-48,52-54,61-62H,4,6-11,13,16-17,19-22,24-25,28,30,32-38,41-43H2,1-3H3,(H,64,65)(H,66,67)(H2,56,57,63)/b15-12-,18-14-,27-23-,29-5-,31-26-/t45-,46?,47?,48-,52-,53-,54-/m1/s1. The van der Waals surface area contributed by atoms with Crippen LogP contribution in [0.25, 0.3) is 0 Å². The molecule has 2 saturated heterocycles. The van der Waals surface area contributed by atoms with Crippen molar-refractivity contribution in [2.45, 2.75) is 224 Å². The van der Waals surface area contributed by atoms with Gasteiger partial charge in [-0.1, -0.05) is 178 Å². The quantitative estimate of drug-likeness (QED) is 0.0133. The number of carbonyl (C=O) groups is 2. The van der Waals surface area contributed by atoms with E-state index in [4.69, 9.17) is 33.7 Å². The van der Waals surface area contributed by atoms with Gasteiger partial charge in [-0.05, 0) is 63.4 Å². The summed E-state index contributed by atoms with van der Waals surface area (Å²) in [6, 6.07) is 1.25.